The van der Waals surface area contributed by atoms with E-state index < -0.39 is 0 Å². The van der Waals surface area contributed by atoms with E-state index in [9.17, 15) is 0 Å². The van der Waals surface area contributed by atoms with Crippen molar-refractivity contribution in [2.75, 3.05) is 18.0 Å². The number of rotatable bonds is 2. The lowest BCUT2D eigenvalue weighted by molar-refractivity contribution is 0.579. The monoisotopic (exact) mass is 216 g/mol. The zero-order chi connectivity index (χ0) is 11.5. The van der Waals surface area contributed by atoms with Gasteiger partial charge in [-0.1, -0.05) is 0 Å². The summed E-state index contributed by atoms with van der Waals surface area (Å²) in [4.78, 5) is 6.40. The van der Waals surface area contributed by atoms with Crippen molar-refractivity contribution in [1.29, 1.82) is 5.26 Å². The molecule has 2 N–H and O–H groups in total. The molecule has 0 radical (unpaired) electrons. The Morgan fingerprint density at radius 3 is 2.94 bits per heavy atom. The highest BCUT2D eigenvalue weighted by Crippen LogP contribution is 2.27. The van der Waals surface area contributed by atoms with Crippen molar-refractivity contribution in [2.45, 2.75) is 19.4 Å². The summed E-state index contributed by atoms with van der Waals surface area (Å²) in [5.74, 6) is 0.575. The molecular formula is C12H16N4. The van der Waals surface area contributed by atoms with Crippen LogP contribution in [0.25, 0.3) is 0 Å². The molecular weight excluding hydrogens is 200 g/mol. The van der Waals surface area contributed by atoms with Crippen molar-refractivity contribution in [2.24, 2.45) is 11.7 Å². The van der Waals surface area contributed by atoms with Gasteiger partial charge >= 0.3 is 0 Å². The molecule has 1 aromatic heterocycles. The zero-order valence-electron chi connectivity index (χ0n) is 9.43. The largest absolute Gasteiger partial charge is 0.367 e. The third-order valence-corrected chi connectivity index (χ3v) is 3.19. The molecule has 0 saturated carbocycles. The highest BCUT2D eigenvalue weighted by molar-refractivity contribution is 5.48. The summed E-state index contributed by atoms with van der Waals surface area (Å²) in [6.45, 7) is 3.93. The molecule has 0 aromatic carbocycles. The Morgan fingerprint density at radius 2 is 2.44 bits per heavy atom. The molecule has 4 heteroatoms. The van der Waals surface area contributed by atoms with Crippen LogP contribution in [-0.4, -0.2) is 24.1 Å². The minimum absolute atomic E-state index is 0.464. The Bertz CT molecular complexity index is 392. The number of hydrogen-bond acceptors (Lipinski definition) is 4. The molecule has 0 bridgehead atoms. The van der Waals surface area contributed by atoms with Crippen LogP contribution < -0.4 is 10.6 Å². The van der Waals surface area contributed by atoms with Gasteiger partial charge in [-0.25, -0.2) is 4.98 Å². The van der Waals surface area contributed by atoms with E-state index in [0.29, 0.717) is 17.7 Å². The number of nitrogens with two attached hydrogens (primary N) is 1. The lowest BCUT2D eigenvalue weighted by Gasteiger charge is -2.23. The summed E-state index contributed by atoms with van der Waals surface area (Å²) in [6, 6.07) is 6.25. The molecule has 1 aliphatic heterocycles. The van der Waals surface area contributed by atoms with Gasteiger partial charge in [0, 0.05) is 12.6 Å². The second-order valence-electron chi connectivity index (χ2n) is 4.35. The molecule has 2 atom stereocenters. The lowest BCUT2D eigenvalue weighted by Crippen LogP contribution is -2.27. The van der Waals surface area contributed by atoms with Crippen LogP contribution in [0.5, 0.6) is 0 Å². The summed E-state index contributed by atoms with van der Waals surface area (Å²) in [7, 11) is 0. The Kier molecular flexibility index (Phi) is 3.07. The fourth-order valence-corrected chi connectivity index (χ4v) is 2.30. The number of anilines is 1. The van der Waals surface area contributed by atoms with Crippen LogP contribution in [0.1, 0.15) is 19.0 Å². The number of nitrogens with zero attached hydrogens (tertiary/aromatic N) is 3. The van der Waals surface area contributed by atoms with Gasteiger partial charge in [0.1, 0.15) is 11.8 Å². The molecule has 0 amide bonds. The number of pyridine rings is 1. The van der Waals surface area contributed by atoms with Crippen molar-refractivity contribution >= 4 is 5.69 Å². The van der Waals surface area contributed by atoms with Gasteiger partial charge in [-0.3, -0.25) is 0 Å². The fourth-order valence-electron chi connectivity index (χ4n) is 2.30. The molecule has 1 saturated heterocycles. The summed E-state index contributed by atoms with van der Waals surface area (Å²) in [6.07, 6.45) is 2.91. The predicted octanol–water partition coefficient (Wildman–Crippen LogP) is 1.13. The number of aromatic nitrogens is 1. The third-order valence-electron chi connectivity index (χ3n) is 3.19. The normalized spacial score (nSPS) is 24.4. The first-order chi connectivity index (χ1) is 7.74. The summed E-state index contributed by atoms with van der Waals surface area (Å²) in [5, 5.41) is 8.68. The highest BCUT2D eigenvalue weighted by atomic mass is 15.2. The Balaban J connectivity index is 2.15. The fraction of sp³-hybridized carbons (Fsp3) is 0.500. The van der Waals surface area contributed by atoms with E-state index in [0.717, 1.165) is 25.2 Å². The molecule has 16 heavy (non-hydrogen) atoms. The van der Waals surface area contributed by atoms with Crippen LogP contribution in [0, 0.1) is 17.2 Å². The maximum absolute atomic E-state index is 8.68. The number of hydrogen-bond donors (Lipinski definition) is 1. The van der Waals surface area contributed by atoms with Gasteiger partial charge in [-0.05, 0) is 37.9 Å². The molecule has 1 aliphatic rings. The molecule has 2 rings (SSSR count). The minimum Gasteiger partial charge on any atom is -0.367 e. The standard InChI is InChI=1S/C12H16N4/c1-9-4-10(5-13)8-16(9)12-3-2-11(6-14)15-7-12/h2-3,7,9-10H,4-5,8,13H2,1H3. The van der Waals surface area contributed by atoms with Crippen LogP contribution in [0.4, 0.5) is 5.69 Å². The first-order valence-electron chi connectivity index (χ1n) is 5.57. The minimum atomic E-state index is 0.464. The molecule has 0 aliphatic carbocycles. The number of nitriles is 1. The van der Waals surface area contributed by atoms with Gasteiger partial charge in [0.15, 0.2) is 0 Å². The van der Waals surface area contributed by atoms with Crippen molar-refractivity contribution in [3.8, 4) is 6.07 Å². The molecule has 1 fully saturated rings. The predicted molar refractivity (Wildman–Crippen MR) is 62.9 cm³/mol. The SMILES string of the molecule is CC1CC(CN)CN1c1ccc(C#N)nc1. The van der Waals surface area contributed by atoms with E-state index in [4.69, 9.17) is 11.0 Å². The summed E-state index contributed by atoms with van der Waals surface area (Å²) < 4.78 is 0. The van der Waals surface area contributed by atoms with Crippen molar-refractivity contribution in [1.82, 2.24) is 4.98 Å². The molecule has 84 valence electrons. The second kappa shape index (κ2) is 4.50. The topological polar surface area (TPSA) is 65.9 Å². The van der Waals surface area contributed by atoms with Crippen molar-refractivity contribution in [3.05, 3.63) is 24.0 Å². The lowest BCUT2D eigenvalue weighted by atomic mass is 10.1. The maximum Gasteiger partial charge on any atom is 0.140 e. The summed E-state index contributed by atoms with van der Waals surface area (Å²) >= 11 is 0. The molecule has 4 nitrogen and oxygen atoms in total. The van der Waals surface area contributed by atoms with Crippen molar-refractivity contribution in [3.63, 3.8) is 0 Å². The third kappa shape index (κ3) is 2.00. The molecule has 2 heterocycles. The molecule has 0 spiro atoms. The van der Waals surface area contributed by atoms with Gasteiger partial charge in [0.25, 0.3) is 0 Å². The van der Waals surface area contributed by atoms with E-state index in [1.54, 1.807) is 12.3 Å². The van der Waals surface area contributed by atoms with E-state index in [2.05, 4.69) is 16.8 Å². The average molecular weight is 216 g/mol. The van der Waals surface area contributed by atoms with Crippen LogP contribution in [0.2, 0.25) is 0 Å². The van der Waals surface area contributed by atoms with Crippen molar-refractivity contribution < 1.29 is 0 Å². The van der Waals surface area contributed by atoms with Gasteiger partial charge in [-0.2, -0.15) is 5.26 Å². The van der Waals surface area contributed by atoms with E-state index in [1.165, 1.54) is 0 Å². The van der Waals surface area contributed by atoms with Crippen LogP contribution in [0.3, 0.4) is 0 Å². The highest BCUT2D eigenvalue weighted by Gasteiger charge is 2.28. The van der Waals surface area contributed by atoms with E-state index in [-0.39, 0.29) is 0 Å². The Morgan fingerprint density at radius 1 is 1.62 bits per heavy atom. The second-order valence-corrected chi connectivity index (χ2v) is 4.35. The van der Waals surface area contributed by atoms with Crippen LogP contribution >= 0.6 is 0 Å². The molecule has 1 aromatic rings. The van der Waals surface area contributed by atoms with Crippen LogP contribution in [-0.2, 0) is 0 Å². The van der Waals surface area contributed by atoms with Gasteiger partial charge in [-0.15, -0.1) is 0 Å². The average Bonchev–Trinajstić information content (AvgIpc) is 2.71. The first-order valence-corrected chi connectivity index (χ1v) is 5.57. The van der Waals surface area contributed by atoms with E-state index in [1.807, 2.05) is 12.1 Å². The smallest absolute Gasteiger partial charge is 0.140 e. The Hall–Kier alpha value is -1.60. The van der Waals surface area contributed by atoms with Gasteiger partial charge in [0.05, 0.1) is 11.9 Å². The summed E-state index contributed by atoms with van der Waals surface area (Å²) in [5.41, 5.74) is 7.25. The quantitative estimate of drug-likeness (QED) is 0.804. The first kappa shape index (κ1) is 10.9. The van der Waals surface area contributed by atoms with Crippen LogP contribution in [0.15, 0.2) is 18.3 Å². The van der Waals surface area contributed by atoms with Gasteiger partial charge < -0.3 is 10.6 Å². The molecule has 2 unspecified atom stereocenters. The van der Waals surface area contributed by atoms with Gasteiger partial charge in [0.2, 0.25) is 0 Å². The Labute approximate surface area is 95.7 Å². The maximum atomic E-state index is 8.68. The van der Waals surface area contributed by atoms with E-state index >= 15 is 0 Å². The zero-order valence-corrected chi connectivity index (χ0v) is 9.43.